The molecule has 1 aliphatic rings. The van der Waals surface area contributed by atoms with E-state index in [2.05, 4.69) is 10.3 Å². The molecule has 1 unspecified atom stereocenters. The van der Waals surface area contributed by atoms with Gasteiger partial charge in [0.05, 0.1) is 37.7 Å². The summed E-state index contributed by atoms with van der Waals surface area (Å²) in [6.45, 7) is -2.03. The Morgan fingerprint density at radius 1 is 1.34 bits per heavy atom. The van der Waals surface area contributed by atoms with Crippen molar-refractivity contribution in [1.82, 2.24) is 15.2 Å². The number of halogens is 3. The lowest BCUT2D eigenvalue weighted by molar-refractivity contribution is -0.131. The lowest BCUT2D eigenvalue weighted by Gasteiger charge is -2.21. The van der Waals surface area contributed by atoms with Crippen LogP contribution in [0.1, 0.15) is 16.8 Å². The van der Waals surface area contributed by atoms with Gasteiger partial charge in [0, 0.05) is 11.6 Å². The first-order chi connectivity index (χ1) is 13.5. The second kappa shape index (κ2) is 7.50. The van der Waals surface area contributed by atoms with Crippen LogP contribution in [0.5, 0.6) is 5.75 Å². The van der Waals surface area contributed by atoms with Crippen molar-refractivity contribution in [2.75, 3.05) is 20.2 Å². The van der Waals surface area contributed by atoms with E-state index in [-0.39, 0.29) is 10.5 Å². The summed E-state index contributed by atoms with van der Waals surface area (Å²) in [6.07, 6.45) is 0.0403. The SMILES string of the molecule is COc1ccc2nccc(C(=O)NCC(=O)N3CC(F)(F)CC3S(=O)(=O)F)c2c1. The highest BCUT2D eigenvalue weighted by Gasteiger charge is 2.52. The smallest absolute Gasteiger partial charge is 0.323 e. The molecule has 1 fully saturated rings. The van der Waals surface area contributed by atoms with Crippen molar-refractivity contribution in [3.63, 3.8) is 0 Å². The molecule has 1 N–H and O–H groups in total. The molecular formula is C17H16F3N3O5S. The molecule has 1 aromatic heterocycles. The van der Waals surface area contributed by atoms with Crippen molar-refractivity contribution in [3.8, 4) is 5.75 Å². The molecule has 0 aliphatic carbocycles. The number of alkyl halides is 2. The Hall–Kier alpha value is -2.89. The fourth-order valence-corrected chi connectivity index (χ4v) is 4.02. The first-order valence-electron chi connectivity index (χ1n) is 8.33. The van der Waals surface area contributed by atoms with Crippen molar-refractivity contribution in [2.45, 2.75) is 17.7 Å². The number of pyridine rings is 1. The molecular weight excluding hydrogens is 415 g/mol. The van der Waals surface area contributed by atoms with E-state index in [0.717, 1.165) is 0 Å². The molecule has 156 valence electrons. The average Bonchev–Trinajstić information content (AvgIpc) is 3.01. The number of nitrogens with zero attached hydrogens (tertiary/aromatic N) is 2. The van der Waals surface area contributed by atoms with E-state index in [1.165, 1.54) is 19.4 Å². The van der Waals surface area contributed by atoms with Gasteiger partial charge in [-0.1, -0.05) is 0 Å². The van der Waals surface area contributed by atoms with Crippen LogP contribution < -0.4 is 10.1 Å². The largest absolute Gasteiger partial charge is 0.497 e. The number of benzene rings is 1. The van der Waals surface area contributed by atoms with Crippen LogP contribution in [0.2, 0.25) is 0 Å². The van der Waals surface area contributed by atoms with Crippen molar-refractivity contribution in [3.05, 3.63) is 36.0 Å². The van der Waals surface area contributed by atoms with E-state index in [1.807, 2.05) is 0 Å². The summed E-state index contributed by atoms with van der Waals surface area (Å²) in [5.41, 5.74) is 0.621. The van der Waals surface area contributed by atoms with Crippen LogP contribution in [0.4, 0.5) is 12.7 Å². The van der Waals surface area contributed by atoms with Crippen LogP contribution in [-0.4, -0.2) is 61.6 Å². The van der Waals surface area contributed by atoms with E-state index in [9.17, 15) is 30.7 Å². The fourth-order valence-electron chi connectivity index (χ4n) is 3.08. The monoisotopic (exact) mass is 431 g/mol. The van der Waals surface area contributed by atoms with Crippen LogP contribution in [0, 0.1) is 0 Å². The number of amides is 2. The molecule has 2 heterocycles. The van der Waals surface area contributed by atoms with Gasteiger partial charge in [0.15, 0.2) is 5.37 Å². The molecule has 29 heavy (non-hydrogen) atoms. The minimum Gasteiger partial charge on any atom is -0.497 e. The molecule has 12 heteroatoms. The summed E-state index contributed by atoms with van der Waals surface area (Å²) < 4.78 is 67.6. The van der Waals surface area contributed by atoms with Crippen molar-refractivity contribution in [2.24, 2.45) is 0 Å². The van der Waals surface area contributed by atoms with E-state index in [0.29, 0.717) is 16.7 Å². The minimum atomic E-state index is -5.40. The summed E-state index contributed by atoms with van der Waals surface area (Å²) in [6, 6.07) is 6.22. The maximum atomic E-state index is 13.5. The highest BCUT2D eigenvalue weighted by atomic mass is 32.3. The number of fused-ring (bicyclic) bond motifs is 1. The number of likely N-dealkylation sites (tertiary alicyclic amines) is 1. The van der Waals surface area contributed by atoms with Gasteiger partial charge < -0.3 is 15.0 Å². The Morgan fingerprint density at radius 3 is 2.72 bits per heavy atom. The van der Waals surface area contributed by atoms with Gasteiger partial charge in [-0.25, -0.2) is 8.78 Å². The van der Waals surface area contributed by atoms with E-state index >= 15 is 0 Å². The van der Waals surface area contributed by atoms with Crippen LogP contribution in [0.25, 0.3) is 10.9 Å². The molecule has 2 amide bonds. The van der Waals surface area contributed by atoms with Crippen LogP contribution >= 0.6 is 0 Å². The third-order valence-corrected chi connectivity index (χ3v) is 5.53. The molecule has 1 atom stereocenters. The lowest BCUT2D eigenvalue weighted by Crippen LogP contribution is -2.45. The normalized spacial score (nSPS) is 18.6. The van der Waals surface area contributed by atoms with Crippen molar-refractivity contribution >= 4 is 32.9 Å². The lowest BCUT2D eigenvalue weighted by atomic mass is 10.1. The second-order valence-corrected chi connectivity index (χ2v) is 7.93. The number of ether oxygens (including phenoxy) is 1. The highest BCUT2D eigenvalue weighted by molar-refractivity contribution is 7.87. The summed E-state index contributed by atoms with van der Waals surface area (Å²) >= 11 is 0. The van der Waals surface area contributed by atoms with Gasteiger partial charge in [0.1, 0.15) is 5.75 Å². The predicted molar refractivity (Wildman–Crippen MR) is 95.7 cm³/mol. The van der Waals surface area contributed by atoms with Crippen molar-refractivity contribution in [1.29, 1.82) is 0 Å². The number of nitrogens with one attached hydrogen (secondary N) is 1. The van der Waals surface area contributed by atoms with Crippen molar-refractivity contribution < 1.29 is 35.4 Å². The van der Waals surface area contributed by atoms with Gasteiger partial charge in [0.25, 0.3) is 11.8 Å². The average molecular weight is 431 g/mol. The standard InChI is InChI=1S/C17H16F3N3O5S/c1-28-10-2-3-13-12(6-10)11(4-5-21-13)16(25)22-8-14(24)23-9-17(18,19)7-15(23)29(20,26)27/h2-6,15H,7-9H2,1H3,(H,22,25). The Labute approximate surface area is 163 Å². The number of carbonyl (C=O) groups is 2. The van der Waals surface area contributed by atoms with Gasteiger partial charge in [-0.15, -0.1) is 3.89 Å². The molecule has 2 aromatic rings. The zero-order chi connectivity index (χ0) is 21.4. The zero-order valence-corrected chi connectivity index (χ0v) is 15.9. The Bertz CT molecular complexity index is 1080. The Balaban J connectivity index is 1.77. The Morgan fingerprint density at radius 2 is 2.07 bits per heavy atom. The topological polar surface area (TPSA) is 106 Å². The molecule has 0 spiro atoms. The maximum Gasteiger partial charge on any atom is 0.323 e. The van der Waals surface area contributed by atoms with Gasteiger partial charge in [-0.3, -0.25) is 14.6 Å². The van der Waals surface area contributed by atoms with Gasteiger partial charge >= 0.3 is 10.2 Å². The molecule has 1 saturated heterocycles. The summed E-state index contributed by atoms with van der Waals surface area (Å²) in [4.78, 5) is 29.0. The van der Waals surface area contributed by atoms with E-state index < -0.39 is 52.8 Å². The highest BCUT2D eigenvalue weighted by Crippen LogP contribution is 2.35. The van der Waals surface area contributed by atoms with Crippen LogP contribution in [-0.2, 0) is 15.0 Å². The summed E-state index contributed by atoms with van der Waals surface area (Å²) in [5.74, 6) is -4.94. The number of hydrogen-bond donors (Lipinski definition) is 1. The first kappa shape index (κ1) is 20.8. The zero-order valence-electron chi connectivity index (χ0n) is 15.1. The second-order valence-electron chi connectivity index (χ2n) is 6.44. The minimum absolute atomic E-state index is 0.142. The molecule has 0 radical (unpaired) electrons. The summed E-state index contributed by atoms with van der Waals surface area (Å²) in [7, 11) is -3.96. The maximum absolute atomic E-state index is 13.5. The number of rotatable bonds is 5. The molecule has 1 aliphatic heterocycles. The number of carbonyl (C=O) groups excluding carboxylic acids is 2. The quantitative estimate of drug-likeness (QED) is 0.719. The van der Waals surface area contributed by atoms with Crippen LogP contribution in [0.3, 0.4) is 0 Å². The van der Waals surface area contributed by atoms with E-state index in [1.54, 1.807) is 18.2 Å². The van der Waals surface area contributed by atoms with Crippen LogP contribution in [0.15, 0.2) is 30.5 Å². The van der Waals surface area contributed by atoms with Gasteiger partial charge in [0.2, 0.25) is 5.91 Å². The van der Waals surface area contributed by atoms with E-state index in [4.69, 9.17) is 4.74 Å². The third kappa shape index (κ3) is 4.42. The first-order valence-corrected chi connectivity index (χ1v) is 9.78. The molecule has 8 nitrogen and oxygen atoms in total. The molecule has 0 bridgehead atoms. The predicted octanol–water partition coefficient (Wildman–Crippen LogP) is 1.47. The number of methoxy groups -OCH3 is 1. The molecule has 0 saturated carbocycles. The Kier molecular flexibility index (Phi) is 5.39. The van der Waals surface area contributed by atoms with Gasteiger partial charge in [-0.05, 0) is 24.3 Å². The van der Waals surface area contributed by atoms with Gasteiger partial charge in [-0.2, -0.15) is 8.42 Å². The molecule has 3 rings (SSSR count). The molecule has 1 aromatic carbocycles. The summed E-state index contributed by atoms with van der Waals surface area (Å²) in [5, 5.41) is 0.384. The fraction of sp³-hybridized carbons (Fsp3) is 0.353. The number of aromatic nitrogens is 1. The number of hydrogen-bond acceptors (Lipinski definition) is 6. The third-order valence-electron chi connectivity index (χ3n) is 4.46.